The predicted molar refractivity (Wildman–Crippen MR) is 81.9 cm³/mol. The molecule has 0 aliphatic carbocycles. The number of carbonyl (C=O) groups excluding carboxylic acids is 1. The van der Waals surface area contributed by atoms with Crippen molar-refractivity contribution in [2.75, 3.05) is 10.6 Å². The van der Waals surface area contributed by atoms with Gasteiger partial charge in [-0.25, -0.2) is 9.97 Å². The van der Waals surface area contributed by atoms with E-state index in [1.54, 1.807) is 24.3 Å². The van der Waals surface area contributed by atoms with Crippen LogP contribution in [0.15, 0.2) is 36.7 Å². The van der Waals surface area contributed by atoms with Crippen LogP contribution in [0.25, 0.3) is 0 Å². The summed E-state index contributed by atoms with van der Waals surface area (Å²) in [6, 6.07) is 6.99. The van der Waals surface area contributed by atoms with Gasteiger partial charge in [0.15, 0.2) is 0 Å². The molecule has 22 heavy (non-hydrogen) atoms. The molecule has 1 aromatic carbocycles. The van der Waals surface area contributed by atoms with Crippen LogP contribution in [-0.2, 0) is 4.79 Å². The van der Waals surface area contributed by atoms with Crippen LogP contribution in [0.5, 0.6) is 0 Å². The smallest absolute Gasteiger partial charge is 0.305 e. The van der Waals surface area contributed by atoms with Gasteiger partial charge in [0.25, 0.3) is 0 Å². The number of amides is 1. The number of anilines is 3. The Balaban J connectivity index is 2.01. The lowest BCUT2D eigenvalue weighted by Gasteiger charge is -2.09. The van der Waals surface area contributed by atoms with Gasteiger partial charge in [-0.2, -0.15) is 0 Å². The molecule has 2 N–H and O–H groups in total. The van der Waals surface area contributed by atoms with Gasteiger partial charge in [-0.1, -0.05) is 13.8 Å². The number of benzene rings is 1. The number of nitrogens with zero attached hydrogens (tertiary/aromatic N) is 3. The molecule has 0 aliphatic heterocycles. The minimum absolute atomic E-state index is 0.0561. The predicted octanol–water partition coefficient (Wildman–Crippen LogP) is 2.72. The fourth-order valence-corrected chi connectivity index (χ4v) is 1.53. The maximum Gasteiger partial charge on any atom is 0.305 e. The highest BCUT2D eigenvalue weighted by molar-refractivity contribution is 5.92. The van der Waals surface area contributed by atoms with E-state index in [0.717, 1.165) is 12.4 Å². The lowest BCUT2D eigenvalue weighted by Crippen LogP contribution is -2.17. The molecular weight excluding hydrogens is 286 g/mol. The second-order valence-electron chi connectivity index (χ2n) is 4.87. The second kappa shape index (κ2) is 6.61. The fourth-order valence-electron chi connectivity index (χ4n) is 1.53. The lowest BCUT2D eigenvalue weighted by atomic mass is 10.2. The number of carbonyl (C=O) groups is 1. The van der Waals surface area contributed by atoms with Gasteiger partial charge >= 0.3 is 5.69 Å². The number of nitro groups is 1. The molecule has 1 amide bonds. The zero-order valence-electron chi connectivity index (χ0n) is 12.1. The summed E-state index contributed by atoms with van der Waals surface area (Å²) in [7, 11) is 0. The molecule has 0 saturated carbocycles. The first-order valence-electron chi connectivity index (χ1n) is 6.60. The first kappa shape index (κ1) is 15.4. The summed E-state index contributed by atoms with van der Waals surface area (Å²) in [5.74, 6) is 0.107. The molecule has 0 radical (unpaired) electrons. The van der Waals surface area contributed by atoms with Crippen LogP contribution in [0.4, 0.5) is 23.0 Å². The van der Waals surface area contributed by atoms with Gasteiger partial charge in [-0.05, 0) is 24.3 Å². The molecule has 2 aromatic rings. The Bertz CT molecular complexity index is 668. The second-order valence-corrected chi connectivity index (χ2v) is 4.87. The van der Waals surface area contributed by atoms with E-state index in [2.05, 4.69) is 20.6 Å². The number of nitrogens with one attached hydrogen (secondary N) is 2. The van der Waals surface area contributed by atoms with E-state index in [4.69, 9.17) is 0 Å². The van der Waals surface area contributed by atoms with Crippen molar-refractivity contribution in [3.05, 3.63) is 46.8 Å². The summed E-state index contributed by atoms with van der Waals surface area (Å²) < 4.78 is 0. The van der Waals surface area contributed by atoms with E-state index >= 15 is 0 Å². The van der Waals surface area contributed by atoms with Crippen LogP contribution in [0, 0.1) is 16.0 Å². The van der Waals surface area contributed by atoms with Crippen molar-refractivity contribution in [3.63, 3.8) is 0 Å². The van der Waals surface area contributed by atoms with Crippen molar-refractivity contribution in [1.82, 2.24) is 9.97 Å². The summed E-state index contributed by atoms with van der Waals surface area (Å²) in [5.41, 5.74) is 1.22. The molecule has 0 atom stereocenters. The molecule has 2 rings (SSSR count). The minimum atomic E-state index is -0.560. The average molecular weight is 301 g/mol. The van der Waals surface area contributed by atoms with Gasteiger partial charge < -0.3 is 10.6 Å². The molecule has 0 bridgehead atoms. The monoisotopic (exact) mass is 301 g/mol. The first-order valence-corrected chi connectivity index (χ1v) is 6.60. The minimum Gasteiger partial charge on any atom is -0.326 e. The maximum atomic E-state index is 11.6. The van der Waals surface area contributed by atoms with E-state index in [-0.39, 0.29) is 23.5 Å². The molecule has 0 fully saturated rings. The van der Waals surface area contributed by atoms with Gasteiger partial charge in [0.05, 0.1) is 4.92 Å². The number of rotatable bonds is 5. The molecule has 8 nitrogen and oxygen atoms in total. The van der Waals surface area contributed by atoms with E-state index in [0.29, 0.717) is 11.4 Å². The molecular formula is C14H15N5O3. The third-order valence-electron chi connectivity index (χ3n) is 2.78. The van der Waals surface area contributed by atoms with Gasteiger partial charge in [0.2, 0.25) is 11.9 Å². The summed E-state index contributed by atoms with van der Waals surface area (Å²) in [4.78, 5) is 29.2. The Morgan fingerprint density at radius 3 is 2.18 bits per heavy atom. The number of hydrogen-bond acceptors (Lipinski definition) is 6. The summed E-state index contributed by atoms with van der Waals surface area (Å²) in [5, 5.41) is 16.2. The molecule has 0 saturated heterocycles. The highest BCUT2D eigenvalue weighted by atomic mass is 16.6. The van der Waals surface area contributed by atoms with E-state index in [1.807, 2.05) is 13.8 Å². The fraction of sp³-hybridized carbons (Fsp3) is 0.214. The quantitative estimate of drug-likeness (QED) is 0.649. The molecule has 0 aliphatic rings. The highest BCUT2D eigenvalue weighted by Gasteiger charge is 2.08. The van der Waals surface area contributed by atoms with Crippen LogP contribution >= 0.6 is 0 Å². The van der Waals surface area contributed by atoms with Crippen LogP contribution in [0.3, 0.4) is 0 Å². The molecule has 114 valence electrons. The number of aromatic nitrogens is 2. The third kappa shape index (κ3) is 3.98. The van der Waals surface area contributed by atoms with Gasteiger partial charge in [0.1, 0.15) is 12.4 Å². The van der Waals surface area contributed by atoms with Crippen LogP contribution in [0.1, 0.15) is 13.8 Å². The third-order valence-corrected chi connectivity index (χ3v) is 2.78. The van der Waals surface area contributed by atoms with E-state index in [1.165, 1.54) is 0 Å². The summed E-state index contributed by atoms with van der Waals surface area (Å²) in [6.45, 7) is 3.63. The standard InChI is InChI=1S/C14H15N5O3/c1-9(2)13(20)17-10-3-5-11(6-4-10)18-14-15-7-12(8-16-14)19(21)22/h3-9H,1-2H3,(H,17,20)(H,15,16,18). The van der Waals surface area contributed by atoms with Crippen molar-refractivity contribution in [3.8, 4) is 0 Å². The van der Waals surface area contributed by atoms with Gasteiger partial charge in [-0.3, -0.25) is 14.9 Å². The van der Waals surface area contributed by atoms with E-state index in [9.17, 15) is 14.9 Å². The largest absolute Gasteiger partial charge is 0.326 e. The molecule has 0 spiro atoms. The Kier molecular flexibility index (Phi) is 4.62. The van der Waals surface area contributed by atoms with Gasteiger partial charge in [0, 0.05) is 17.3 Å². The Labute approximate surface area is 126 Å². The first-order chi connectivity index (χ1) is 10.5. The van der Waals surface area contributed by atoms with Crippen LogP contribution < -0.4 is 10.6 Å². The van der Waals surface area contributed by atoms with Crippen LogP contribution in [0.2, 0.25) is 0 Å². The average Bonchev–Trinajstić information content (AvgIpc) is 2.49. The molecule has 8 heteroatoms. The van der Waals surface area contributed by atoms with Crippen molar-refractivity contribution in [2.45, 2.75) is 13.8 Å². The summed E-state index contributed by atoms with van der Waals surface area (Å²) in [6.07, 6.45) is 2.26. The lowest BCUT2D eigenvalue weighted by molar-refractivity contribution is -0.385. The molecule has 1 aromatic heterocycles. The van der Waals surface area contributed by atoms with E-state index < -0.39 is 4.92 Å². The Morgan fingerprint density at radius 2 is 1.68 bits per heavy atom. The van der Waals surface area contributed by atoms with Crippen LogP contribution in [-0.4, -0.2) is 20.8 Å². The maximum absolute atomic E-state index is 11.6. The van der Waals surface area contributed by atoms with Crippen molar-refractivity contribution in [2.24, 2.45) is 5.92 Å². The van der Waals surface area contributed by atoms with Gasteiger partial charge in [-0.15, -0.1) is 0 Å². The normalized spacial score (nSPS) is 10.3. The highest BCUT2D eigenvalue weighted by Crippen LogP contribution is 2.18. The zero-order chi connectivity index (χ0) is 16.1. The van der Waals surface area contributed by atoms with Crippen molar-refractivity contribution >= 4 is 28.9 Å². The Morgan fingerprint density at radius 1 is 1.14 bits per heavy atom. The van der Waals surface area contributed by atoms with Crippen molar-refractivity contribution in [1.29, 1.82) is 0 Å². The Hall–Kier alpha value is -3.03. The SMILES string of the molecule is CC(C)C(=O)Nc1ccc(Nc2ncc([N+](=O)[O-])cn2)cc1. The zero-order valence-corrected chi connectivity index (χ0v) is 12.1. The number of hydrogen-bond donors (Lipinski definition) is 2. The molecule has 0 unspecified atom stereocenters. The molecule has 1 heterocycles. The van der Waals surface area contributed by atoms with Crippen molar-refractivity contribution < 1.29 is 9.72 Å². The summed E-state index contributed by atoms with van der Waals surface area (Å²) >= 11 is 0. The topological polar surface area (TPSA) is 110 Å².